The summed E-state index contributed by atoms with van der Waals surface area (Å²) in [4.78, 5) is 0. The molecule has 1 aromatic rings. The molecule has 0 atom stereocenters. The minimum atomic E-state index is 0.129. The van der Waals surface area contributed by atoms with Gasteiger partial charge in [0.2, 0.25) is 0 Å². The summed E-state index contributed by atoms with van der Waals surface area (Å²) in [5, 5.41) is 4.55. The standard InChI is InChI=1S/C8H7BrClN3S/c9-6-2-1-5(3-7(6)10)4-12-13-8(11)14/h1-4H,(H3,11,13,14). The van der Waals surface area contributed by atoms with Gasteiger partial charge in [0.25, 0.3) is 0 Å². The summed E-state index contributed by atoms with van der Waals surface area (Å²) in [6.07, 6.45) is 1.58. The van der Waals surface area contributed by atoms with Crippen LogP contribution in [0, 0.1) is 0 Å². The number of hydrogen-bond acceptors (Lipinski definition) is 2. The Balaban J connectivity index is 2.73. The fraction of sp³-hybridized carbons (Fsp3) is 0. The maximum Gasteiger partial charge on any atom is 0.184 e. The van der Waals surface area contributed by atoms with Crippen molar-refractivity contribution in [3.8, 4) is 0 Å². The molecular weight excluding hydrogens is 286 g/mol. The molecule has 0 aliphatic carbocycles. The number of nitrogens with two attached hydrogens (primary N) is 1. The van der Waals surface area contributed by atoms with E-state index in [-0.39, 0.29) is 5.11 Å². The Hall–Kier alpha value is -0.650. The highest BCUT2D eigenvalue weighted by molar-refractivity contribution is 9.10. The summed E-state index contributed by atoms with van der Waals surface area (Å²) in [7, 11) is 0. The Morgan fingerprint density at radius 1 is 1.64 bits per heavy atom. The number of halogens is 2. The minimum Gasteiger partial charge on any atom is -0.375 e. The van der Waals surface area contributed by atoms with Crippen LogP contribution in [-0.4, -0.2) is 11.3 Å². The van der Waals surface area contributed by atoms with Crippen molar-refractivity contribution in [2.45, 2.75) is 0 Å². The van der Waals surface area contributed by atoms with Gasteiger partial charge in [-0.25, -0.2) is 0 Å². The average molecular weight is 293 g/mol. The molecular formula is C8H7BrClN3S. The van der Waals surface area contributed by atoms with Crippen molar-refractivity contribution in [3.63, 3.8) is 0 Å². The highest BCUT2D eigenvalue weighted by Crippen LogP contribution is 2.22. The molecule has 0 unspecified atom stereocenters. The summed E-state index contributed by atoms with van der Waals surface area (Å²) in [5.41, 5.74) is 8.50. The van der Waals surface area contributed by atoms with E-state index in [0.717, 1.165) is 10.0 Å². The van der Waals surface area contributed by atoms with E-state index in [4.69, 9.17) is 17.3 Å². The largest absolute Gasteiger partial charge is 0.375 e. The number of hydrogen-bond donors (Lipinski definition) is 2. The van der Waals surface area contributed by atoms with Gasteiger partial charge in [-0.1, -0.05) is 17.7 Å². The molecule has 0 aromatic heterocycles. The Labute approximate surface area is 100 Å². The highest BCUT2D eigenvalue weighted by atomic mass is 79.9. The second-order valence-electron chi connectivity index (χ2n) is 2.41. The number of rotatable bonds is 2. The van der Waals surface area contributed by atoms with Gasteiger partial charge in [-0.3, -0.25) is 5.43 Å². The lowest BCUT2D eigenvalue weighted by molar-refractivity contribution is 1.04. The second kappa shape index (κ2) is 5.29. The fourth-order valence-corrected chi connectivity index (χ4v) is 1.25. The van der Waals surface area contributed by atoms with Gasteiger partial charge < -0.3 is 5.73 Å². The molecule has 0 radical (unpaired) electrons. The van der Waals surface area contributed by atoms with Crippen molar-refractivity contribution < 1.29 is 0 Å². The zero-order valence-corrected chi connectivity index (χ0v) is 10.2. The molecule has 14 heavy (non-hydrogen) atoms. The quantitative estimate of drug-likeness (QED) is 0.499. The fourth-order valence-electron chi connectivity index (χ4n) is 0.763. The van der Waals surface area contributed by atoms with Crippen LogP contribution >= 0.6 is 39.7 Å². The molecule has 0 fully saturated rings. The van der Waals surface area contributed by atoms with Crippen molar-refractivity contribution in [3.05, 3.63) is 33.3 Å². The van der Waals surface area contributed by atoms with Crippen molar-refractivity contribution in [1.29, 1.82) is 0 Å². The van der Waals surface area contributed by atoms with Gasteiger partial charge >= 0.3 is 0 Å². The molecule has 0 aliphatic heterocycles. The first-order valence-corrected chi connectivity index (χ1v) is 5.21. The third kappa shape index (κ3) is 3.61. The molecule has 3 nitrogen and oxygen atoms in total. The van der Waals surface area contributed by atoms with Crippen molar-refractivity contribution in [2.24, 2.45) is 10.8 Å². The van der Waals surface area contributed by atoms with Gasteiger partial charge in [0.15, 0.2) is 5.11 Å². The summed E-state index contributed by atoms with van der Waals surface area (Å²) >= 11 is 13.7. The Kier molecular flexibility index (Phi) is 4.31. The first-order valence-electron chi connectivity index (χ1n) is 3.63. The molecule has 0 aliphatic rings. The van der Waals surface area contributed by atoms with E-state index in [1.54, 1.807) is 12.3 Å². The van der Waals surface area contributed by atoms with E-state index in [9.17, 15) is 0 Å². The zero-order chi connectivity index (χ0) is 10.6. The van der Waals surface area contributed by atoms with Crippen LogP contribution < -0.4 is 11.2 Å². The SMILES string of the molecule is NC(=S)NN=Cc1ccc(Br)c(Cl)c1. The molecule has 0 saturated heterocycles. The lowest BCUT2D eigenvalue weighted by atomic mass is 10.2. The lowest BCUT2D eigenvalue weighted by Gasteiger charge is -1.97. The van der Waals surface area contributed by atoms with Crippen LogP contribution in [0.2, 0.25) is 5.02 Å². The van der Waals surface area contributed by atoms with Crippen molar-refractivity contribution >= 4 is 51.1 Å². The van der Waals surface area contributed by atoms with Crippen LogP contribution in [0.15, 0.2) is 27.8 Å². The summed E-state index contributed by atoms with van der Waals surface area (Å²) in [5.74, 6) is 0. The highest BCUT2D eigenvalue weighted by Gasteiger charge is 1.96. The van der Waals surface area contributed by atoms with Crippen molar-refractivity contribution in [2.75, 3.05) is 0 Å². The normalized spacial score (nSPS) is 10.4. The maximum absolute atomic E-state index is 5.88. The summed E-state index contributed by atoms with van der Waals surface area (Å²) < 4.78 is 0.846. The smallest absolute Gasteiger partial charge is 0.184 e. The number of hydrazone groups is 1. The predicted molar refractivity (Wildman–Crippen MR) is 66.7 cm³/mol. The van der Waals surface area contributed by atoms with Crippen LogP contribution in [-0.2, 0) is 0 Å². The molecule has 1 rings (SSSR count). The van der Waals surface area contributed by atoms with Gasteiger partial charge in [0.1, 0.15) is 0 Å². The van der Waals surface area contributed by atoms with E-state index in [1.807, 2.05) is 12.1 Å². The minimum absolute atomic E-state index is 0.129. The molecule has 74 valence electrons. The van der Waals surface area contributed by atoms with Crippen LogP contribution in [0.4, 0.5) is 0 Å². The molecule has 0 saturated carbocycles. The van der Waals surface area contributed by atoms with E-state index >= 15 is 0 Å². The van der Waals surface area contributed by atoms with Gasteiger partial charge in [-0.15, -0.1) is 0 Å². The molecule has 0 amide bonds. The Morgan fingerprint density at radius 2 is 2.36 bits per heavy atom. The monoisotopic (exact) mass is 291 g/mol. The van der Waals surface area contributed by atoms with E-state index in [1.165, 1.54) is 0 Å². The molecule has 3 N–H and O–H groups in total. The third-order valence-electron chi connectivity index (χ3n) is 1.33. The topological polar surface area (TPSA) is 50.4 Å². The Bertz CT molecular complexity index is 381. The lowest BCUT2D eigenvalue weighted by Crippen LogP contribution is -2.23. The number of nitrogens with one attached hydrogen (secondary N) is 1. The molecule has 0 heterocycles. The molecule has 0 bridgehead atoms. The van der Waals surface area contributed by atoms with Crippen LogP contribution in [0.5, 0.6) is 0 Å². The number of thiocarbonyl (C=S) groups is 1. The maximum atomic E-state index is 5.88. The van der Waals surface area contributed by atoms with E-state index < -0.39 is 0 Å². The van der Waals surface area contributed by atoms with Crippen molar-refractivity contribution in [1.82, 2.24) is 5.43 Å². The van der Waals surface area contributed by atoms with Gasteiger partial charge in [-0.05, 0) is 45.8 Å². The van der Waals surface area contributed by atoms with Crippen LogP contribution in [0.1, 0.15) is 5.56 Å². The molecule has 1 aromatic carbocycles. The molecule has 6 heteroatoms. The van der Waals surface area contributed by atoms with Gasteiger partial charge in [-0.2, -0.15) is 5.10 Å². The number of nitrogens with zero attached hydrogens (tertiary/aromatic N) is 1. The van der Waals surface area contributed by atoms with E-state index in [0.29, 0.717) is 5.02 Å². The first-order chi connectivity index (χ1) is 6.59. The third-order valence-corrected chi connectivity index (χ3v) is 2.66. The van der Waals surface area contributed by atoms with E-state index in [2.05, 4.69) is 38.7 Å². The average Bonchev–Trinajstić information content (AvgIpc) is 2.10. The van der Waals surface area contributed by atoms with Crippen LogP contribution in [0.25, 0.3) is 0 Å². The number of benzene rings is 1. The Morgan fingerprint density at radius 3 is 2.93 bits per heavy atom. The summed E-state index contributed by atoms with van der Waals surface area (Å²) in [6.45, 7) is 0. The predicted octanol–water partition coefficient (Wildman–Crippen LogP) is 2.27. The first kappa shape index (κ1) is 11.4. The molecule has 0 spiro atoms. The van der Waals surface area contributed by atoms with Gasteiger partial charge in [0.05, 0.1) is 11.2 Å². The zero-order valence-electron chi connectivity index (χ0n) is 7.00. The van der Waals surface area contributed by atoms with Crippen LogP contribution in [0.3, 0.4) is 0 Å². The second-order valence-corrected chi connectivity index (χ2v) is 4.11. The van der Waals surface area contributed by atoms with Gasteiger partial charge in [0, 0.05) is 4.47 Å². The summed E-state index contributed by atoms with van der Waals surface area (Å²) in [6, 6.07) is 5.47.